The lowest BCUT2D eigenvalue weighted by Gasteiger charge is -2.29. The van der Waals surface area contributed by atoms with Crippen LogP contribution in [0.15, 0.2) is 54.6 Å². The summed E-state index contributed by atoms with van der Waals surface area (Å²) in [4.78, 5) is 42.5. The molecule has 1 saturated heterocycles. The van der Waals surface area contributed by atoms with Gasteiger partial charge >= 0.3 is 0 Å². The van der Waals surface area contributed by atoms with Crippen molar-refractivity contribution in [1.82, 2.24) is 26.3 Å². The number of rotatable bonds is 13. The first kappa shape index (κ1) is 29.6. The van der Waals surface area contributed by atoms with E-state index < -0.39 is 29.9 Å². The molecule has 0 aliphatic carbocycles. The first-order valence-electron chi connectivity index (χ1n) is 14.0. The molecule has 1 aromatic heterocycles. The Morgan fingerprint density at radius 1 is 1.12 bits per heavy atom. The van der Waals surface area contributed by atoms with Crippen LogP contribution in [0.3, 0.4) is 0 Å². The zero-order chi connectivity index (χ0) is 29.4. The molecular formula is C31H38N6O4. The summed E-state index contributed by atoms with van der Waals surface area (Å²) in [6.07, 6.45) is 1.34. The van der Waals surface area contributed by atoms with E-state index in [9.17, 15) is 19.6 Å². The first-order valence-corrected chi connectivity index (χ1v) is 14.0. The highest BCUT2D eigenvalue weighted by molar-refractivity contribution is 6.01. The van der Waals surface area contributed by atoms with Crippen LogP contribution >= 0.6 is 0 Å². The van der Waals surface area contributed by atoms with Gasteiger partial charge in [0.2, 0.25) is 11.8 Å². The molecule has 3 amide bonds. The van der Waals surface area contributed by atoms with Crippen LogP contribution in [-0.4, -0.2) is 54.5 Å². The number of methoxy groups -OCH3 is 1. The number of amides is 3. The minimum Gasteiger partial charge on any atom is -0.496 e. The molecule has 1 fully saturated rings. The lowest BCUT2D eigenvalue weighted by molar-refractivity contribution is -0.126. The second-order valence-corrected chi connectivity index (χ2v) is 10.9. The maximum Gasteiger partial charge on any atom is 0.268 e. The third kappa shape index (κ3) is 7.64. The molecule has 4 atom stereocenters. The third-order valence-electron chi connectivity index (χ3n) is 7.36. The number of nitrogens with one attached hydrogen (secondary N) is 5. The fourth-order valence-electron chi connectivity index (χ4n) is 5.21. The molecule has 0 radical (unpaired) electrons. The lowest BCUT2D eigenvalue weighted by atomic mass is 9.93. The number of carbonyl (C=O) groups is 3. The number of fused-ring (bicyclic) bond motifs is 1. The standard InChI is InChI=1S/C31H38N6O4/c1-19(2)14-25(37-31(40)26-16-22-23(35-26)10-7-11-28(22)41-3)30(39)36-24(15-21-12-13-33-29(21)38)27(17-32)34-18-20-8-5-4-6-9-20/h4-11,16,19,21,24-25,27,34-35H,12-15,18H2,1-3H3,(H,33,38)(H,36,39)(H,37,40)/t21?,24-,25-,27?/m0/s1. The van der Waals surface area contributed by atoms with Gasteiger partial charge in [0.1, 0.15) is 23.5 Å². The van der Waals surface area contributed by atoms with Gasteiger partial charge in [-0.25, -0.2) is 0 Å². The summed E-state index contributed by atoms with van der Waals surface area (Å²) in [6, 6.07) is 16.9. The molecule has 10 heteroatoms. The monoisotopic (exact) mass is 558 g/mol. The van der Waals surface area contributed by atoms with Crippen molar-refractivity contribution in [1.29, 1.82) is 5.26 Å². The third-order valence-corrected chi connectivity index (χ3v) is 7.36. The number of aromatic nitrogens is 1. The molecule has 5 N–H and O–H groups in total. The Balaban J connectivity index is 1.52. The van der Waals surface area contributed by atoms with Gasteiger partial charge in [0.25, 0.3) is 5.91 Å². The zero-order valence-corrected chi connectivity index (χ0v) is 23.7. The van der Waals surface area contributed by atoms with E-state index in [4.69, 9.17) is 4.74 Å². The van der Waals surface area contributed by atoms with E-state index in [0.717, 1.165) is 16.5 Å². The number of hydrogen-bond acceptors (Lipinski definition) is 6. The average Bonchev–Trinajstić information content (AvgIpc) is 3.59. The summed E-state index contributed by atoms with van der Waals surface area (Å²) in [7, 11) is 1.57. The number of benzene rings is 2. The summed E-state index contributed by atoms with van der Waals surface area (Å²) >= 11 is 0. The second-order valence-electron chi connectivity index (χ2n) is 10.9. The minimum atomic E-state index is -0.843. The van der Waals surface area contributed by atoms with Crippen molar-refractivity contribution in [3.63, 3.8) is 0 Å². The molecule has 2 heterocycles. The van der Waals surface area contributed by atoms with Crippen LogP contribution in [0.25, 0.3) is 10.9 Å². The Kier molecular flexibility index (Phi) is 9.98. The highest BCUT2D eigenvalue weighted by Gasteiger charge is 2.34. The van der Waals surface area contributed by atoms with Gasteiger partial charge in [0.05, 0.1) is 19.2 Å². The number of ether oxygens (including phenoxy) is 1. The molecule has 4 rings (SSSR count). The van der Waals surface area contributed by atoms with E-state index in [0.29, 0.717) is 43.8 Å². The van der Waals surface area contributed by atoms with Crippen LogP contribution in [-0.2, 0) is 16.1 Å². The summed E-state index contributed by atoms with van der Waals surface area (Å²) in [5.74, 6) is -0.463. The van der Waals surface area contributed by atoms with Crippen molar-refractivity contribution in [3.8, 4) is 11.8 Å². The maximum absolute atomic E-state index is 13.7. The molecule has 1 aliphatic heterocycles. The highest BCUT2D eigenvalue weighted by Crippen LogP contribution is 2.26. The Bertz CT molecular complexity index is 1400. The predicted molar refractivity (Wildman–Crippen MR) is 156 cm³/mol. The number of nitriles is 1. The molecule has 2 unspecified atom stereocenters. The van der Waals surface area contributed by atoms with E-state index in [2.05, 4.69) is 32.3 Å². The van der Waals surface area contributed by atoms with E-state index in [-0.39, 0.29) is 17.7 Å². The Hall–Kier alpha value is -4.36. The molecule has 1 aliphatic rings. The summed E-state index contributed by atoms with van der Waals surface area (Å²) in [5, 5.41) is 22.8. The molecule has 2 aromatic carbocycles. The van der Waals surface area contributed by atoms with Crippen molar-refractivity contribution in [2.24, 2.45) is 11.8 Å². The van der Waals surface area contributed by atoms with E-state index in [1.165, 1.54) is 0 Å². The largest absolute Gasteiger partial charge is 0.496 e. The Morgan fingerprint density at radius 2 is 1.90 bits per heavy atom. The van der Waals surface area contributed by atoms with Gasteiger partial charge in [-0.15, -0.1) is 0 Å². The number of nitrogens with zero attached hydrogens (tertiary/aromatic N) is 1. The predicted octanol–water partition coefficient (Wildman–Crippen LogP) is 3.01. The number of carbonyl (C=O) groups excluding carboxylic acids is 3. The number of hydrogen-bond donors (Lipinski definition) is 5. The quantitative estimate of drug-likeness (QED) is 0.218. The summed E-state index contributed by atoms with van der Waals surface area (Å²) < 4.78 is 5.40. The molecular weight excluding hydrogens is 520 g/mol. The second kappa shape index (κ2) is 13.8. The number of aromatic amines is 1. The molecule has 0 bridgehead atoms. The van der Waals surface area contributed by atoms with Crippen molar-refractivity contribution >= 4 is 28.6 Å². The smallest absolute Gasteiger partial charge is 0.268 e. The van der Waals surface area contributed by atoms with Crippen LogP contribution in [0.5, 0.6) is 5.75 Å². The lowest BCUT2D eigenvalue weighted by Crippen LogP contribution is -2.56. The van der Waals surface area contributed by atoms with Gasteiger partial charge in [-0.3, -0.25) is 19.7 Å². The number of H-pyrrole nitrogens is 1. The van der Waals surface area contributed by atoms with Crippen LogP contribution in [0, 0.1) is 23.2 Å². The van der Waals surface area contributed by atoms with Gasteiger partial charge in [-0.1, -0.05) is 50.2 Å². The average molecular weight is 559 g/mol. The van der Waals surface area contributed by atoms with E-state index in [1.807, 2.05) is 62.4 Å². The molecule has 10 nitrogen and oxygen atoms in total. The summed E-state index contributed by atoms with van der Waals surface area (Å²) in [5.41, 5.74) is 2.05. The molecule has 216 valence electrons. The van der Waals surface area contributed by atoms with Crippen molar-refractivity contribution in [3.05, 3.63) is 65.9 Å². The van der Waals surface area contributed by atoms with Gasteiger partial charge in [-0.2, -0.15) is 5.26 Å². The normalized spacial score (nSPS) is 17.0. The maximum atomic E-state index is 13.7. The van der Waals surface area contributed by atoms with Crippen LogP contribution in [0.1, 0.15) is 49.2 Å². The topological polar surface area (TPSA) is 148 Å². The molecule has 3 aromatic rings. The Labute approximate surface area is 240 Å². The van der Waals surface area contributed by atoms with Crippen LogP contribution < -0.4 is 26.0 Å². The minimum absolute atomic E-state index is 0.0785. The van der Waals surface area contributed by atoms with Crippen molar-refractivity contribution in [2.45, 2.75) is 57.8 Å². The molecule has 0 saturated carbocycles. The first-order chi connectivity index (χ1) is 19.8. The van der Waals surface area contributed by atoms with Gasteiger partial charge < -0.3 is 25.7 Å². The van der Waals surface area contributed by atoms with Crippen molar-refractivity contribution in [2.75, 3.05) is 13.7 Å². The molecule has 0 spiro atoms. The van der Waals surface area contributed by atoms with Crippen LogP contribution in [0.2, 0.25) is 0 Å². The van der Waals surface area contributed by atoms with Crippen LogP contribution in [0.4, 0.5) is 0 Å². The summed E-state index contributed by atoms with van der Waals surface area (Å²) in [6.45, 7) is 4.94. The van der Waals surface area contributed by atoms with Gasteiger partial charge in [0, 0.05) is 29.9 Å². The SMILES string of the molecule is COc1cccc2[nH]c(C(=O)N[C@@H](CC(C)C)C(=O)N[C@@H](CC3CCNC3=O)C(C#N)NCc3ccccc3)cc12. The van der Waals surface area contributed by atoms with E-state index >= 15 is 0 Å². The fourth-order valence-corrected chi connectivity index (χ4v) is 5.21. The molecule has 41 heavy (non-hydrogen) atoms. The van der Waals surface area contributed by atoms with Crippen molar-refractivity contribution < 1.29 is 19.1 Å². The Morgan fingerprint density at radius 3 is 2.56 bits per heavy atom. The fraction of sp³-hybridized carbons (Fsp3) is 0.419. The van der Waals surface area contributed by atoms with Gasteiger partial charge in [0.15, 0.2) is 0 Å². The zero-order valence-electron chi connectivity index (χ0n) is 23.7. The van der Waals surface area contributed by atoms with E-state index in [1.54, 1.807) is 13.2 Å². The highest BCUT2D eigenvalue weighted by atomic mass is 16.5. The van der Waals surface area contributed by atoms with Gasteiger partial charge in [-0.05, 0) is 48.9 Å².